The molecular weight excluding hydrogens is 363 g/mol. The van der Waals surface area contributed by atoms with Crippen LogP contribution in [0.4, 0.5) is 0 Å². The van der Waals surface area contributed by atoms with Gasteiger partial charge in [0.05, 0.1) is 5.92 Å². The van der Waals surface area contributed by atoms with Crippen molar-refractivity contribution in [3.63, 3.8) is 0 Å². The fourth-order valence-electron chi connectivity index (χ4n) is 3.61. The number of esters is 1. The van der Waals surface area contributed by atoms with Gasteiger partial charge in [0.1, 0.15) is 5.60 Å². The van der Waals surface area contributed by atoms with Crippen molar-refractivity contribution in [1.29, 1.82) is 0 Å². The van der Waals surface area contributed by atoms with E-state index in [2.05, 4.69) is 22.6 Å². The van der Waals surface area contributed by atoms with Gasteiger partial charge in [0, 0.05) is 5.88 Å². The van der Waals surface area contributed by atoms with Gasteiger partial charge in [0.2, 0.25) is 0 Å². The van der Waals surface area contributed by atoms with Gasteiger partial charge in [0.15, 0.2) is 0 Å². The molecule has 1 saturated heterocycles. The maximum Gasteiger partial charge on any atom is 0.309 e. The lowest BCUT2D eigenvalue weighted by Crippen LogP contribution is -2.46. The first kappa shape index (κ1) is 14.9. The second kappa shape index (κ2) is 6.78. The van der Waals surface area contributed by atoms with E-state index in [9.17, 15) is 4.79 Å². The van der Waals surface area contributed by atoms with Gasteiger partial charge < -0.3 is 4.74 Å². The SMILES string of the molecule is O=C1O[C@@]2(CCCI)CCC[C@H]2C[C@H]1CCCCl. The smallest absolute Gasteiger partial charge is 0.309 e. The lowest BCUT2D eigenvalue weighted by Gasteiger charge is -2.42. The summed E-state index contributed by atoms with van der Waals surface area (Å²) >= 11 is 8.13. The fourth-order valence-corrected chi connectivity index (χ4v) is 4.15. The highest BCUT2D eigenvalue weighted by atomic mass is 127. The highest BCUT2D eigenvalue weighted by Crippen LogP contribution is 2.49. The largest absolute Gasteiger partial charge is 0.459 e. The summed E-state index contributed by atoms with van der Waals surface area (Å²) in [6, 6.07) is 0. The molecule has 0 aromatic rings. The minimum absolute atomic E-state index is 0.0479. The van der Waals surface area contributed by atoms with Crippen LogP contribution >= 0.6 is 34.2 Å². The van der Waals surface area contributed by atoms with Crippen LogP contribution in [-0.2, 0) is 9.53 Å². The fraction of sp³-hybridized carbons (Fsp3) is 0.929. The van der Waals surface area contributed by atoms with E-state index in [1.165, 1.54) is 12.8 Å². The molecule has 1 aliphatic heterocycles. The summed E-state index contributed by atoms with van der Waals surface area (Å²) in [5.74, 6) is 1.42. The summed E-state index contributed by atoms with van der Waals surface area (Å²) < 4.78 is 7.08. The molecule has 3 atom stereocenters. The first-order chi connectivity index (χ1) is 8.72. The van der Waals surface area contributed by atoms with Crippen molar-refractivity contribution in [2.75, 3.05) is 10.3 Å². The number of carbonyl (C=O) groups is 1. The van der Waals surface area contributed by atoms with E-state index >= 15 is 0 Å². The summed E-state index contributed by atoms with van der Waals surface area (Å²) in [5, 5.41) is 0. The van der Waals surface area contributed by atoms with Crippen LogP contribution in [0.3, 0.4) is 0 Å². The molecule has 104 valence electrons. The maximum atomic E-state index is 12.1. The Balaban J connectivity index is 1.99. The molecule has 2 aliphatic rings. The predicted octanol–water partition coefficient (Wildman–Crippen LogP) is 4.32. The van der Waals surface area contributed by atoms with Crippen molar-refractivity contribution in [1.82, 2.24) is 0 Å². The Bertz CT molecular complexity index is 298. The van der Waals surface area contributed by atoms with Gasteiger partial charge >= 0.3 is 5.97 Å². The van der Waals surface area contributed by atoms with E-state index in [0.717, 1.165) is 43.0 Å². The zero-order valence-electron chi connectivity index (χ0n) is 10.8. The molecule has 0 aromatic carbocycles. The predicted molar refractivity (Wildman–Crippen MR) is 82.3 cm³/mol. The summed E-state index contributed by atoms with van der Waals surface area (Å²) in [4.78, 5) is 12.1. The molecule has 0 bridgehead atoms. The Morgan fingerprint density at radius 2 is 2.28 bits per heavy atom. The van der Waals surface area contributed by atoms with Crippen molar-refractivity contribution in [3.05, 3.63) is 0 Å². The third-order valence-corrected chi connectivity index (χ3v) is 5.55. The molecule has 1 aliphatic carbocycles. The van der Waals surface area contributed by atoms with Crippen LogP contribution in [0.2, 0.25) is 0 Å². The molecule has 0 spiro atoms. The summed E-state index contributed by atoms with van der Waals surface area (Å²) in [6.45, 7) is 0. The minimum atomic E-state index is -0.0975. The van der Waals surface area contributed by atoms with Gasteiger partial charge in [-0.15, -0.1) is 11.6 Å². The summed E-state index contributed by atoms with van der Waals surface area (Å²) in [6.07, 6.45) is 8.65. The van der Waals surface area contributed by atoms with Gasteiger partial charge in [-0.2, -0.15) is 0 Å². The molecule has 2 nitrogen and oxygen atoms in total. The Morgan fingerprint density at radius 3 is 3.00 bits per heavy atom. The quantitative estimate of drug-likeness (QED) is 0.387. The number of fused-ring (bicyclic) bond motifs is 1. The van der Waals surface area contributed by atoms with E-state index < -0.39 is 0 Å². The number of alkyl halides is 2. The number of hydrogen-bond acceptors (Lipinski definition) is 2. The van der Waals surface area contributed by atoms with E-state index in [4.69, 9.17) is 16.3 Å². The molecule has 1 heterocycles. The summed E-state index contributed by atoms with van der Waals surface area (Å²) in [5.41, 5.74) is -0.0975. The zero-order valence-corrected chi connectivity index (χ0v) is 13.7. The van der Waals surface area contributed by atoms with Crippen LogP contribution in [0.5, 0.6) is 0 Å². The zero-order chi connectivity index (χ0) is 13.0. The van der Waals surface area contributed by atoms with E-state index in [0.29, 0.717) is 11.8 Å². The Morgan fingerprint density at radius 1 is 1.44 bits per heavy atom. The van der Waals surface area contributed by atoms with Crippen molar-refractivity contribution >= 4 is 40.2 Å². The van der Waals surface area contributed by atoms with E-state index in [-0.39, 0.29) is 17.5 Å². The number of rotatable bonds is 6. The van der Waals surface area contributed by atoms with Crippen LogP contribution in [0.1, 0.15) is 51.4 Å². The van der Waals surface area contributed by atoms with E-state index in [1.807, 2.05) is 0 Å². The highest BCUT2D eigenvalue weighted by molar-refractivity contribution is 14.1. The van der Waals surface area contributed by atoms with Gasteiger partial charge in [0.25, 0.3) is 0 Å². The number of carbonyl (C=O) groups excluding carboxylic acids is 1. The molecule has 1 saturated carbocycles. The Kier molecular flexibility index (Phi) is 5.61. The van der Waals surface area contributed by atoms with Crippen molar-refractivity contribution in [2.24, 2.45) is 11.8 Å². The standard InChI is InChI=1S/C14H22ClIO2/c15-8-2-4-11-10-12-5-1-6-14(12,7-3-9-16)18-13(11)17/h11-12H,1-10H2/t11-,12+,14-/m1/s1. The topological polar surface area (TPSA) is 26.3 Å². The van der Waals surface area contributed by atoms with Crippen LogP contribution in [-0.4, -0.2) is 21.9 Å². The lowest BCUT2D eigenvalue weighted by molar-refractivity contribution is -0.182. The number of ether oxygens (including phenoxy) is 1. The van der Waals surface area contributed by atoms with Crippen molar-refractivity contribution in [2.45, 2.75) is 57.0 Å². The van der Waals surface area contributed by atoms with Crippen LogP contribution in [0, 0.1) is 11.8 Å². The molecule has 0 amide bonds. The van der Waals surface area contributed by atoms with E-state index in [1.54, 1.807) is 0 Å². The average molecular weight is 385 g/mol. The van der Waals surface area contributed by atoms with Gasteiger partial charge in [-0.3, -0.25) is 4.79 Å². The van der Waals surface area contributed by atoms with Crippen LogP contribution in [0.25, 0.3) is 0 Å². The minimum Gasteiger partial charge on any atom is -0.459 e. The molecule has 0 radical (unpaired) electrons. The maximum absolute atomic E-state index is 12.1. The molecule has 2 fully saturated rings. The molecule has 2 rings (SSSR count). The van der Waals surface area contributed by atoms with Gasteiger partial charge in [-0.05, 0) is 61.7 Å². The average Bonchev–Trinajstić information content (AvgIpc) is 2.76. The normalized spacial score (nSPS) is 35.3. The molecule has 18 heavy (non-hydrogen) atoms. The van der Waals surface area contributed by atoms with Gasteiger partial charge in [-0.1, -0.05) is 22.6 Å². The first-order valence-electron chi connectivity index (χ1n) is 7.06. The number of halogens is 2. The molecule has 0 N–H and O–H groups in total. The second-order valence-corrected chi connectivity index (χ2v) is 7.09. The number of hydrogen-bond donors (Lipinski definition) is 0. The molecule has 0 unspecified atom stereocenters. The van der Waals surface area contributed by atoms with Crippen molar-refractivity contribution in [3.8, 4) is 0 Å². The lowest BCUT2D eigenvalue weighted by atomic mass is 9.77. The van der Waals surface area contributed by atoms with Crippen molar-refractivity contribution < 1.29 is 9.53 Å². The third-order valence-electron chi connectivity index (χ3n) is 4.52. The van der Waals surface area contributed by atoms with Crippen LogP contribution in [0.15, 0.2) is 0 Å². The Labute approximate surface area is 128 Å². The third kappa shape index (κ3) is 3.14. The molecule has 0 aromatic heterocycles. The Hall–Kier alpha value is 0.490. The van der Waals surface area contributed by atoms with Gasteiger partial charge in [-0.25, -0.2) is 0 Å². The second-order valence-electron chi connectivity index (χ2n) is 5.63. The van der Waals surface area contributed by atoms with Crippen LogP contribution < -0.4 is 0 Å². The molecular formula is C14H22ClIO2. The molecule has 4 heteroatoms. The monoisotopic (exact) mass is 384 g/mol. The first-order valence-corrected chi connectivity index (χ1v) is 9.12. The summed E-state index contributed by atoms with van der Waals surface area (Å²) in [7, 11) is 0. The highest BCUT2D eigenvalue weighted by Gasteiger charge is 2.50.